The first kappa shape index (κ1) is 17.4. The van der Waals surface area contributed by atoms with Crippen LogP contribution < -0.4 is 5.32 Å². The van der Waals surface area contributed by atoms with Gasteiger partial charge in [-0.2, -0.15) is 11.3 Å². The van der Waals surface area contributed by atoms with Crippen molar-refractivity contribution in [1.82, 2.24) is 9.88 Å². The van der Waals surface area contributed by atoms with Crippen LogP contribution in [-0.4, -0.2) is 28.9 Å². The van der Waals surface area contributed by atoms with Crippen LogP contribution in [0.5, 0.6) is 0 Å². The Balaban J connectivity index is 1.35. The molecular formula is C20H21N3OS2. The van der Waals surface area contributed by atoms with Gasteiger partial charge in [-0.1, -0.05) is 12.1 Å². The van der Waals surface area contributed by atoms with E-state index in [4.69, 9.17) is 0 Å². The van der Waals surface area contributed by atoms with Crippen LogP contribution in [0.1, 0.15) is 18.4 Å². The Morgan fingerprint density at radius 2 is 2.08 bits per heavy atom. The molecule has 1 unspecified atom stereocenters. The summed E-state index contributed by atoms with van der Waals surface area (Å²) >= 11 is 3.31. The molecule has 4 nitrogen and oxygen atoms in total. The third-order valence-corrected chi connectivity index (χ3v) is 6.06. The molecule has 0 spiro atoms. The summed E-state index contributed by atoms with van der Waals surface area (Å²) < 4.78 is 0. The number of anilines is 1. The molecule has 3 aromatic rings. The van der Waals surface area contributed by atoms with Gasteiger partial charge in [-0.25, -0.2) is 4.98 Å². The minimum absolute atomic E-state index is 0.0561. The highest BCUT2D eigenvalue weighted by Gasteiger charge is 2.25. The number of carbonyl (C=O) groups is 1. The second kappa shape index (κ2) is 8.12. The first-order valence-corrected chi connectivity index (χ1v) is 10.7. The van der Waals surface area contributed by atoms with E-state index in [-0.39, 0.29) is 11.8 Å². The number of piperidine rings is 1. The zero-order chi connectivity index (χ0) is 17.8. The largest absolute Gasteiger partial charge is 0.326 e. The Morgan fingerprint density at radius 3 is 2.81 bits per heavy atom. The van der Waals surface area contributed by atoms with Crippen molar-refractivity contribution in [1.29, 1.82) is 0 Å². The fourth-order valence-electron chi connectivity index (χ4n) is 3.38. The number of benzene rings is 1. The van der Waals surface area contributed by atoms with Gasteiger partial charge in [-0.3, -0.25) is 9.69 Å². The maximum atomic E-state index is 12.7. The van der Waals surface area contributed by atoms with E-state index < -0.39 is 0 Å². The minimum atomic E-state index is 0.0561. The average molecular weight is 384 g/mol. The summed E-state index contributed by atoms with van der Waals surface area (Å²) in [4.78, 5) is 19.4. The average Bonchev–Trinajstić information content (AvgIpc) is 3.36. The predicted molar refractivity (Wildman–Crippen MR) is 108 cm³/mol. The van der Waals surface area contributed by atoms with Crippen molar-refractivity contribution < 1.29 is 4.79 Å². The van der Waals surface area contributed by atoms with Gasteiger partial charge >= 0.3 is 0 Å². The molecular weight excluding hydrogens is 362 g/mol. The van der Waals surface area contributed by atoms with Crippen molar-refractivity contribution >= 4 is 34.3 Å². The topological polar surface area (TPSA) is 45.2 Å². The third kappa shape index (κ3) is 4.20. The van der Waals surface area contributed by atoms with E-state index in [1.54, 1.807) is 22.7 Å². The van der Waals surface area contributed by atoms with Crippen LogP contribution in [0.2, 0.25) is 0 Å². The molecule has 1 saturated heterocycles. The van der Waals surface area contributed by atoms with Crippen molar-refractivity contribution in [3.63, 3.8) is 0 Å². The van der Waals surface area contributed by atoms with E-state index in [2.05, 4.69) is 32.0 Å². The van der Waals surface area contributed by atoms with Crippen molar-refractivity contribution in [2.24, 2.45) is 5.92 Å². The fourth-order valence-corrected chi connectivity index (χ4v) is 4.60. The van der Waals surface area contributed by atoms with Gasteiger partial charge in [0.25, 0.3) is 0 Å². The molecule has 3 heterocycles. The number of nitrogens with one attached hydrogen (secondary N) is 1. The van der Waals surface area contributed by atoms with Gasteiger partial charge in [0.05, 0.1) is 17.1 Å². The van der Waals surface area contributed by atoms with E-state index >= 15 is 0 Å². The maximum absolute atomic E-state index is 12.7. The monoisotopic (exact) mass is 383 g/mol. The number of thiophene rings is 1. The Hall–Kier alpha value is -2.02. The van der Waals surface area contributed by atoms with E-state index in [1.807, 2.05) is 35.2 Å². The zero-order valence-corrected chi connectivity index (χ0v) is 16.1. The van der Waals surface area contributed by atoms with E-state index in [0.29, 0.717) is 0 Å². The second-order valence-corrected chi connectivity index (χ2v) is 8.14. The van der Waals surface area contributed by atoms with Gasteiger partial charge in [-0.15, -0.1) is 11.3 Å². The van der Waals surface area contributed by atoms with E-state index in [9.17, 15) is 4.79 Å². The van der Waals surface area contributed by atoms with Crippen LogP contribution in [0.3, 0.4) is 0 Å². The van der Waals surface area contributed by atoms with Gasteiger partial charge in [0.2, 0.25) is 5.91 Å². The Kier molecular flexibility index (Phi) is 5.43. The lowest BCUT2D eigenvalue weighted by Gasteiger charge is -2.31. The molecule has 1 atom stereocenters. The van der Waals surface area contributed by atoms with Crippen molar-refractivity contribution in [3.05, 3.63) is 57.5 Å². The van der Waals surface area contributed by atoms with E-state index in [1.165, 1.54) is 5.56 Å². The Labute approximate surface area is 161 Å². The van der Waals surface area contributed by atoms with E-state index in [0.717, 1.165) is 49.4 Å². The van der Waals surface area contributed by atoms with Crippen LogP contribution in [0, 0.1) is 5.92 Å². The summed E-state index contributed by atoms with van der Waals surface area (Å²) in [6.07, 6.45) is 2.04. The molecule has 0 radical (unpaired) electrons. The number of thiazole rings is 1. The lowest BCUT2D eigenvalue weighted by atomic mass is 9.96. The Morgan fingerprint density at radius 1 is 1.19 bits per heavy atom. The molecule has 4 rings (SSSR count). The van der Waals surface area contributed by atoms with Crippen LogP contribution >= 0.6 is 22.7 Å². The number of hydrogen-bond acceptors (Lipinski definition) is 5. The predicted octanol–water partition coefficient (Wildman–Crippen LogP) is 4.72. The standard InChI is InChI=1S/C20H21N3OS2/c24-20(17-2-1-8-23(11-17)10-15-7-9-25-12-15)22-18-5-3-16(4-6-18)19-13-26-14-21-19/h3-7,9,12-14,17H,1-2,8,10-11H2,(H,22,24). The third-order valence-electron chi connectivity index (χ3n) is 4.74. The molecule has 0 saturated carbocycles. The maximum Gasteiger partial charge on any atom is 0.228 e. The number of likely N-dealkylation sites (tertiary alicyclic amines) is 1. The lowest BCUT2D eigenvalue weighted by Crippen LogP contribution is -2.40. The number of carbonyl (C=O) groups excluding carboxylic acids is 1. The number of rotatable bonds is 5. The molecule has 1 N–H and O–H groups in total. The molecule has 0 bridgehead atoms. The molecule has 1 fully saturated rings. The SMILES string of the molecule is O=C(Nc1ccc(-c2cscn2)cc1)C1CCCN(Cc2ccsc2)C1. The summed E-state index contributed by atoms with van der Waals surface area (Å²) in [6, 6.07) is 10.1. The normalized spacial score (nSPS) is 17.9. The number of hydrogen-bond donors (Lipinski definition) is 1. The van der Waals surface area contributed by atoms with Crippen LogP contribution in [-0.2, 0) is 11.3 Å². The van der Waals surface area contributed by atoms with Gasteiger partial charge in [0.15, 0.2) is 0 Å². The fraction of sp³-hybridized carbons (Fsp3) is 0.300. The summed E-state index contributed by atoms with van der Waals surface area (Å²) in [5, 5.41) is 9.41. The van der Waals surface area contributed by atoms with Crippen LogP contribution in [0.4, 0.5) is 5.69 Å². The van der Waals surface area contributed by atoms with Crippen LogP contribution in [0.25, 0.3) is 11.3 Å². The van der Waals surface area contributed by atoms with Crippen molar-refractivity contribution in [2.45, 2.75) is 19.4 Å². The number of nitrogens with zero attached hydrogens (tertiary/aromatic N) is 2. The van der Waals surface area contributed by atoms with Gasteiger partial charge in [-0.05, 0) is 53.9 Å². The highest BCUT2D eigenvalue weighted by molar-refractivity contribution is 7.08. The molecule has 1 aromatic carbocycles. The van der Waals surface area contributed by atoms with Crippen molar-refractivity contribution in [2.75, 3.05) is 18.4 Å². The first-order valence-electron chi connectivity index (χ1n) is 8.81. The second-order valence-electron chi connectivity index (χ2n) is 6.65. The molecule has 1 amide bonds. The molecule has 1 aliphatic heterocycles. The first-order chi connectivity index (χ1) is 12.8. The van der Waals surface area contributed by atoms with Crippen molar-refractivity contribution in [3.8, 4) is 11.3 Å². The molecule has 6 heteroatoms. The zero-order valence-electron chi connectivity index (χ0n) is 14.4. The summed E-state index contributed by atoms with van der Waals surface area (Å²) in [7, 11) is 0. The minimum Gasteiger partial charge on any atom is -0.326 e. The molecule has 26 heavy (non-hydrogen) atoms. The van der Waals surface area contributed by atoms with Gasteiger partial charge in [0, 0.05) is 29.7 Å². The summed E-state index contributed by atoms with van der Waals surface area (Å²) in [5.41, 5.74) is 6.07. The highest BCUT2D eigenvalue weighted by Crippen LogP contribution is 2.23. The lowest BCUT2D eigenvalue weighted by molar-refractivity contribution is -0.121. The molecule has 134 valence electrons. The highest BCUT2D eigenvalue weighted by atomic mass is 32.1. The molecule has 1 aliphatic rings. The summed E-state index contributed by atoms with van der Waals surface area (Å²) in [6.45, 7) is 2.84. The number of aromatic nitrogens is 1. The van der Waals surface area contributed by atoms with Gasteiger partial charge in [0.1, 0.15) is 0 Å². The smallest absolute Gasteiger partial charge is 0.228 e. The summed E-state index contributed by atoms with van der Waals surface area (Å²) in [5.74, 6) is 0.182. The Bertz CT molecular complexity index is 829. The number of amides is 1. The molecule has 2 aromatic heterocycles. The van der Waals surface area contributed by atoms with Crippen LogP contribution in [0.15, 0.2) is 52.0 Å². The quantitative estimate of drug-likeness (QED) is 0.693. The molecule has 0 aliphatic carbocycles. The van der Waals surface area contributed by atoms with Gasteiger partial charge < -0.3 is 5.32 Å².